The van der Waals surface area contributed by atoms with Crippen LogP contribution in [0.15, 0.2) is 59.1 Å². The van der Waals surface area contributed by atoms with Crippen LogP contribution in [-0.2, 0) is 10.5 Å². The van der Waals surface area contributed by atoms with Gasteiger partial charge in [0.15, 0.2) is 0 Å². The summed E-state index contributed by atoms with van der Waals surface area (Å²) in [5.41, 5.74) is 1.96. The Balaban J connectivity index is 1.82. The molecule has 0 aliphatic carbocycles. The molecule has 1 aliphatic heterocycles. The summed E-state index contributed by atoms with van der Waals surface area (Å²) in [6.07, 6.45) is 0.121. The summed E-state index contributed by atoms with van der Waals surface area (Å²) in [6.45, 7) is 0. The van der Waals surface area contributed by atoms with Gasteiger partial charge < -0.3 is 5.32 Å². The maximum absolute atomic E-state index is 13.2. The molecule has 1 heterocycles. The number of thioether (sulfide) groups is 1. The van der Waals surface area contributed by atoms with Crippen molar-refractivity contribution in [3.63, 3.8) is 0 Å². The standard InChI is InChI=1S/C19H14FN3O3S/c20-14-5-3-13(4-6-14)16-9-18(24)22-19(17(16)10-21)27-11-12-1-7-15(8-2-12)23(25)26/h1-8,16H,9,11H2,(H,22,24)/t16-/m1/s1. The molecular formula is C19H14FN3O3S. The molecule has 1 amide bonds. The number of amides is 1. The summed E-state index contributed by atoms with van der Waals surface area (Å²) in [5, 5.41) is 23.5. The van der Waals surface area contributed by atoms with E-state index >= 15 is 0 Å². The van der Waals surface area contributed by atoms with Crippen LogP contribution < -0.4 is 5.32 Å². The Morgan fingerprint density at radius 1 is 1.22 bits per heavy atom. The molecule has 0 radical (unpaired) electrons. The van der Waals surface area contributed by atoms with Gasteiger partial charge in [-0.1, -0.05) is 24.3 Å². The number of nitro groups is 1. The Morgan fingerprint density at radius 3 is 2.48 bits per heavy atom. The van der Waals surface area contributed by atoms with Gasteiger partial charge in [0.1, 0.15) is 5.82 Å². The van der Waals surface area contributed by atoms with Crippen molar-refractivity contribution in [1.82, 2.24) is 5.32 Å². The smallest absolute Gasteiger partial charge is 0.269 e. The second-order valence-corrected chi connectivity index (χ2v) is 6.91. The largest absolute Gasteiger partial charge is 0.320 e. The number of rotatable bonds is 5. The molecule has 0 spiro atoms. The summed E-state index contributed by atoms with van der Waals surface area (Å²) in [5.74, 6) is -0.581. The number of nitro benzene ring substituents is 1. The van der Waals surface area contributed by atoms with Crippen molar-refractivity contribution in [2.45, 2.75) is 18.1 Å². The van der Waals surface area contributed by atoms with E-state index < -0.39 is 10.8 Å². The molecule has 0 fully saturated rings. The second-order valence-electron chi connectivity index (χ2n) is 5.92. The minimum absolute atomic E-state index is 0.00280. The first-order chi connectivity index (χ1) is 13.0. The third kappa shape index (κ3) is 4.33. The first kappa shape index (κ1) is 18.6. The molecule has 0 bridgehead atoms. The van der Waals surface area contributed by atoms with Gasteiger partial charge >= 0.3 is 0 Å². The fraction of sp³-hybridized carbons (Fsp3) is 0.158. The normalized spacial score (nSPS) is 16.6. The maximum atomic E-state index is 13.2. The van der Waals surface area contributed by atoms with Crippen molar-refractivity contribution in [2.24, 2.45) is 0 Å². The van der Waals surface area contributed by atoms with Crippen molar-refractivity contribution in [3.8, 4) is 6.07 Å². The van der Waals surface area contributed by atoms with E-state index in [1.807, 2.05) is 0 Å². The Morgan fingerprint density at radius 2 is 1.89 bits per heavy atom. The zero-order chi connectivity index (χ0) is 19.4. The Bertz CT molecular complexity index is 950. The first-order valence-electron chi connectivity index (χ1n) is 8.03. The van der Waals surface area contributed by atoms with Crippen LogP contribution in [-0.4, -0.2) is 10.8 Å². The lowest BCUT2D eigenvalue weighted by Crippen LogP contribution is -2.30. The topological polar surface area (TPSA) is 96.0 Å². The Kier molecular flexibility index (Phi) is 5.52. The molecule has 27 heavy (non-hydrogen) atoms. The molecule has 0 saturated carbocycles. The number of nitriles is 1. The van der Waals surface area contributed by atoms with E-state index in [9.17, 15) is 24.6 Å². The van der Waals surface area contributed by atoms with E-state index in [-0.39, 0.29) is 23.8 Å². The number of non-ortho nitro benzene ring substituents is 1. The van der Waals surface area contributed by atoms with Crippen LogP contribution in [0.1, 0.15) is 23.5 Å². The van der Waals surface area contributed by atoms with Crippen LogP contribution in [0.25, 0.3) is 0 Å². The second kappa shape index (κ2) is 8.01. The lowest BCUT2D eigenvalue weighted by Gasteiger charge is -2.25. The fourth-order valence-corrected chi connectivity index (χ4v) is 3.82. The molecule has 8 heteroatoms. The molecule has 3 rings (SSSR count). The van der Waals surface area contributed by atoms with E-state index in [1.54, 1.807) is 24.3 Å². The van der Waals surface area contributed by atoms with Gasteiger partial charge in [-0.15, -0.1) is 11.8 Å². The summed E-state index contributed by atoms with van der Waals surface area (Å²) in [4.78, 5) is 22.3. The molecule has 0 saturated heterocycles. The van der Waals surface area contributed by atoms with Gasteiger partial charge in [0.2, 0.25) is 5.91 Å². The highest BCUT2D eigenvalue weighted by Crippen LogP contribution is 2.37. The summed E-state index contributed by atoms with van der Waals surface area (Å²) in [6, 6.07) is 14.0. The average molecular weight is 383 g/mol. The van der Waals surface area contributed by atoms with Gasteiger partial charge in [-0.3, -0.25) is 14.9 Å². The SMILES string of the molecule is N#CC1=C(SCc2ccc([N+](=O)[O-])cc2)NC(=O)C[C@@H]1c1ccc(F)cc1. The van der Waals surface area contributed by atoms with Crippen molar-refractivity contribution in [3.05, 3.63) is 86.2 Å². The van der Waals surface area contributed by atoms with E-state index in [0.29, 0.717) is 21.9 Å². The fourth-order valence-electron chi connectivity index (χ4n) is 2.78. The van der Waals surface area contributed by atoms with E-state index in [0.717, 1.165) is 5.56 Å². The molecule has 2 aromatic rings. The lowest BCUT2D eigenvalue weighted by molar-refractivity contribution is -0.384. The molecule has 2 aromatic carbocycles. The van der Waals surface area contributed by atoms with Crippen molar-refractivity contribution >= 4 is 23.4 Å². The summed E-state index contributed by atoms with van der Waals surface area (Å²) >= 11 is 1.28. The van der Waals surface area contributed by atoms with Crippen molar-refractivity contribution in [2.75, 3.05) is 0 Å². The predicted molar refractivity (Wildman–Crippen MR) is 98.9 cm³/mol. The van der Waals surface area contributed by atoms with Crippen LogP contribution >= 0.6 is 11.8 Å². The quantitative estimate of drug-likeness (QED) is 0.622. The molecule has 1 N–H and O–H groups in total. The molecule has 0 unspecified atom stereocenters. The number of carbonyl (C=O) groups is 1. The van der Waals surface area contributed by atoms with Gasteiger partial charge in [0.25, 0.3) is 5.69 Å². The van der Waals surface area contributed by atoms with E-state index in [4.69, 9.17) is 0 Å². The number of halogens is 1. The number of hydrogen-bond donors (Lipinski definition) is 1. The van der Waals surface area contributed by atoms with Crippen LogP contribution in [0.5, 0.6) is 0 Å². The van der Waals surface area contributed by atoms with Gasteiger partial charge in [0, 0.05) is 30.2 Å². The molecule has 1 aliphatic rings. The molecule has 6 nitrogen and oxygen atoms in total. The van der Waals surface area contributed by atoms with Crippen molar-refractivity contribution < 1.29 is 14.1 Å². The predicted octanol–water partition coefficient (Wildman–Crippen LogP) is 4.01. The number of hydrogen-bond acceptors (Lipinski definition) is 5. The Hall–Kier alpha value is -3.18. The van der Waals surface area contributed by atoms with Crippen LogP contribution in [0.4, 0.5) is 10.1 Å². The van der Waals surface area contributed by atoms with Crippen molar-refractivity contribution in [1.29, 1.82) is 5.26 Å². The zero-order valence-electron chi connectivity index (χ0n) is 14.0. The van der Waals surface area contributed by atoms with Gasteiger partial charge in [-0.05, 0) is 23.3 Å². The third-order valence-electron chi connectivity index (χ3n) is 4.16. The minimum atomic E-state index is -0.470. The first-order valence-corrected chi connectivity index (χ1v) is 9.02. The van der Waals surface area contributed by atoms with Gasteiger partial charge in [-0.2, -0.15) is 5.26 Å². The Labute approximate surface area is 158 Å². The summed E-state index contributed by atoms with van der Waals surface area (Å²) in [7, 11) is 0. The highest BCUT2D eigenvalue weighted by atomic mass is 32.2. The highest BCUT2D eigenvalue weighted by Gasteiger charge is 2.29. The molecule has 136 valence electrons. The number of benzene rings is 2. The monoisotopic (exact) mass is 383 g/mol. The highest BCUT2D eigenvalue weighted by molar-refractivity contribution is 8.02. The van der Waals surface area contributed by atoms with Crippen LogP contribution in [0, 0.1) is 27.3 Å². The number of carbonyl (C=O) groups excluding carboxylic acids is 1. The summed E-state index contributed by atoms with van der Waals surface area (Å²) < 4.78 is 13.2. The number of nitrogens with one attached hydrogen (secondary N) is 1. The molecule has 0 aromatic heterocycles. The van der Waals surface area contributed by atoms with E-state index in [2.05, 4.69) is 11.4 Å². The number of nitrogens with zero attached hydrogens (tertiary/aromatic N) is 2. The van der Waals surface area contributed by atoms with Gasteiger partial charge in [0.05, 0.1) is 21.6 Å². The maximum Gasteiger partial charge on any atom is 0.269 e. The lowest BCUT2D eigenvalue weighted by atomic mass is 9.87. The average Bonchev–Trinajstić information content (AvgIpc) is 2.66. The van der Waals surface area contributed by atoms with Crippen LogP contribution in [0.3, 0.4) is 0 Å². The van der Waals surface area contributed by atoms with E-state index in [1.165, 1.54) is 36.0 Å². The number of allylic oxidation sites excluding steroid dienone is 1. The molecular weight excluding hydrogens is 369 g/mol. The molecule has 1 atom stereocenters. The zero-order valence-corrected chi connectivity index (χ0v) is 14.8. The minimum Gasteiger partial charge on any atom is -0.320 e. The third-order valence-corrected chi connectivity index (χ3v) is 5.25. The van der Waals surface area contributed by atoms with Gasteiger partial charge in [-0.25, -0.2) is 4.39 Å². The van der Waals surface area contributed by atoms with Crippen LogP contribution in [0.2, 0.25) is 0 Å².